The van der Waals surface area contributed by atoms with Gasteiger partial charge in [-0.15, -0.1) is 0 Å². The Balaban J connectivity index is 2.23. The van der Waals surface area contributed by atoms with E-state index in [1.165, 1.54) is 5.56 Å². The molecule has 2 aromatic carbocycles. The van der Waals surface area contributed by atoms with Crippen LogP contribution in [-0.4, -0.2) is 28.8 Å². The minimum Gasteiger partial charge on any atom is -0.352 e. The topological polar surface area (TPSA) is 49.4 Å². The minimum absolute atomic E-state index is 0.0436. The highest BCUT2D eigenvalue weighted by atomic mass is 35.5. The van der Waals surface area contributed by atoms with Crippen LogP contribution in [0.25, 0.3) is 0 Å². The largest absolute Gasteiger partial charge is 0.352 e. The molecular weight excluding hydrogens is 455 g/mol. The molecule has 2 rings (SSSR count). The molecule has 0 saturated heterocycles. The molecule has 0 saturated carbocycles. The van der Waals surface area contributed by atoms with Gasteiger partial charge in [-0.1, -0.05) is 81.2 Å². The third kappa shape index (κ3) is 8.04. The molecule has 0 aliphatic carbocycles. The summed E-state index contributed by atoms with van der Waals surface area (Å²) in [7, 11) is 0. The number of nitrogens with one attached hydrogen (secondary N) is 1. The van der Waals surface area contributed by atoms with Gasteiger partial charge in [-0.05, 0) is 60.9 Å². The molecule has 2 atom stereocenters. The summed E-state index contributed by atoms with van der Waals surface area (Å²) in [6.45, 7) is 10.5. The first-order chi connectivity index (χ1) is 15.7. The highest BCUT2D eigenvalue weighted by Gasteiger charge is 2.29. The number of rotatable bonds is 11. The predicted molar refractivity (Wildman–Crippen MR) is 138 cm³/mol. The van der Waals surface area contributed by atoms with E-state index in [2.05, 4.69) is 43.4 Å². The molecule has 0 unspecified atom stereocenters. The van der Waals surface area contributed by atoms with E-state index >= 15 is 0 Å². The zero-order valence-corrected chi connectivity index (χ0v) is 21.8. The van der Waals surface area contributed by atoms with E-state index in [4.69, 9.17) is 23.2 Å². The Labute approximate surface area is 208 Å². The maximum atomic E-state index is 13.4. The Hall–Kier alpha value is -2.04. The van der Waals surface area contributed by atoms with Crippen molar-refractivity contribution < 1.29 is 9.59 Å². The van der Waals surface area contributed by atoms with Gasteiger partial charge in [0.15, 0.2) is 0 Å². The van der Waals surface area contributed by atoms with Gasteiger partial charge in [0, 0.05) is 29.1 Å². The maximum absolute atomic E-state index is 13.4. The van der Waals surface area contributed by atoms with Crippen molar-refractivity contribution >= 4 is 35.0 Å². The van der Waals surface area contributed by atoms with Crippen LogP contribution in [0.5, 0.6) is 0 Å². The lowest BCUT2D eigenvalue weighted by molar-refractivity contribution is -0.141. The summed E-state index contributed by atoms with van der Waals surface area (Å²) in [6.07, 6.45) is 2.28. The summed E-state index contributed by atoms with van der Waals surface area (Å²) in [5.41, 5.74) is 3.15. The summed E-state index contributed by atoms with van der Waals surface area (Å²) in [5.74, 6) is 0.265. The Morgan fingerprint density at radius 1 is 0.970 bits per heavy atom. The molecule has 0 heterocycles. The summed E-state index contributed by atoms with van der Waals surface area (Å²) in [5, 5.41) is 4.05. The molecule has 0 bridgehead atoms. The molecule has 0 aromatic heterocycles. The van der Waals surface area contributed by atoms with Crippen LogP contribution in [0.15, 0.2) is 42.5 Å². The van der Waals surface area contributed by atoms with Crippen molar-refractivity contribution in [2.24, 2.45) is 0 Å². The summed E-state index contributed by atoms with van der Waals surface area (Å²) in [4.78, 5) is 28.1. The van der Waals surface area contributed by atoms with E-state index in [1.807, 2.05) is 26.8 Å². The van der Waals surface area contributed by atoms with Crippen LogP contribution in [0.3, 0.4) is 0 Å². The Morgan fingerprint density at radius 2 is 1.64 bits per heavy atom. The summed E-state index contributed by atoms with van der Waals surface area (Å²) in [6, 6.07) is 13.1. The number of benzene rings is 2. The van der Waals surface area contributed by atoms with E-state index < -0.39 is 6.04 Å². The summed E-state index contributed by atoms with van der Waals surface area (Å²) >= 11 is 12.5. The van der Waals surface area contributed by atoms with Crippen LogP contribution in [0, 0.1) is 0 Å². The number of aryl methyl sites for hydroxylation is 1. The second-order valence-corrected chi connectivity index (χ2v) is 9.74. The molecule has 0 radical (unpaired) electrons. The van der Waals surface area contributed by atoms with Gasteiger partial charge in [0.25, 0.3) is 0 Å². The molecule has 0 spiro atoms. The zero-order valence-electron chi connectivity index (χ0n) is 20.3. The molecule has 2 amide bonds. The normalized spacial score (nSPS) is 13.0. The molecule has 0 aliphatic heterocycles. The Kier molecular flexibility index (Phi) is 10.7. The SMILES string of the molecule is CC[C@H](C(=O)N[C@@H](C)CC)N(Cc1ccc(Cl)cc1Cl)C(=O)CCc1ccc(C(C)C)cc1. The average Bonchev–Trinajstić information content (AvgIpc) is 2.78. The van der Waals surface area contributed by atoms with E-state index in [0.717, 1.165) is 17.5 Å². The van der Waals surface area contributed by atoms with E-state index in [0.29, 0.717) is 35.2 Å². The van der Waals surface area contributed by atoms with Gasteiger partial charge in [-0.3, -0.25) is 9.59 Å². The van der Waals surface area contributed by atoms with Gasteiger partial charge >= 0.3 is 0 Å². The smallest absolute Gasteiger partial charge is 0.243 e. The predicted octanol–water partition coefficient (Wildman–Crippen LogP) is 6.77. The number of halogens is 2. The second-order valence-electron chi connectivity index (χ2n) is 8.90. The van der Waals surface area contributed by atoms with Crippen LogP contribution < -0.4 is 5.32 Å². The zero-order chi connectivity index (χ0) is 24.5. The van der Waals surface area contributed by atoms with Crippen LogP contribution in [0.4, 0.5) is 0 Å². The molecule has 180 valence electrons. The molecule has 6 heteroatoms. The van der Waals surface area contributed by atoms with Crippen LogP contribution >= 0.6 is 23.2 Å². The lowest BCUT2D eigenvalue weighted by Crippen LogP contribution is -2.50. The fourth-order valence-electron chi connectivity index (χ4n) is 3.66. The molecular formula is C27H36Cl2N2O2. The van der Waals surface area contributed by atoms with Crippen molar-refractivity contribution in [1.29, 1.82) is 0 Å². The van der Waals surface area contributed by atoms with E-state index in [9.17, 15) is 9.59 Å². The third-order valence-electron chi connectivity index (χ3n) is 6.02. The number of hydrogen-bond donors (Lipinski definition) is 1. The first kappa shape index (κ1) is 27.2. The standard InChI is InChI=1S/C27H36Cl2N2O2/c1-6-19(5)30-27(33)25(7-2)31(17-22-13-14-23(28)16-24(22)29)26(32)15-10-20-8-11-21(12-9-20)18(3)4/h8-9,11-14,16,18-19,25H,6-7,10,15,17H2,1-5H3,(H,30,33)/t19-,25+/m0/s1. The quantitative estimate of drug-likeness (QED) is 0.377. The van der Waals surface area contributed by atoms with Gasteiger partial charge in [-0.2, -0.15) is 0 Å². The first-order valence-corrected chi connectivity index (χ1v) is 12.5. The lowest BCUT2D eigenvalue weighted by atomic mass is 10.00. The summed E-state index contributed by atoms with van der Waals surface area (Å²) < 4.78 is 0. The number of hydrogen-bond acceptors (Lipinski definition) is 2. The number of carbonyl (C=O) groups is 2. The number of carbonyl (C=O) groups excluding carboxylic acids is 2. The van der Waals surface area contributed by atoms with Gasteiger partial charge < -0.3 is 10.2 Å². The maximum Gasteiger partial charge on any atom is 0.243 e. The number of amides is 2. The van der Waals surface area contributed by atoms with Crippen molar-refractivity contribution in [1.82, 2.24) is 10.2 Å². The molecule has 2 aromatic rings. The molecule has 0 fully saturated rings. The second kappa shape index (κ2) is 13.0. The lowest BCUT2D eigenvalue weighted by Gasteiger charge is -2.32. The average molecular weight is 492 g/mol. The van der Waals surface area contributed by atoms with Crippen molar-refractivity contribution in [3.8, 4) is 0 Å². The highest BCUT2D eigenvalue weighted by Crippen LogP contribution is 2.24. The molecule has 33 heavy (non-hydrogen) atoms. The van der Waals surface area contributed by atoms with Crippen molar-refractivity contribution in [3.63, 3.8) is 0 Å². The van der Waals surface area contributed by atoms with Gasteiger partial charge in [0.2, 0.25) is 11.8 Å². The first-order valence-electron chi connectivity index (χ1n) is 11.8. The van der Waals surface area contributed by atoms with Crippen molar-refractivity contribution in [2.45, 2.75) is 84.8 Å². The third-order valence-corrected chi connectivity index (χ3v) is 6.60. The van der Waals surface area contributed by atoms with Crippen molar-refractivity contribution in [3.05, 3.63) is 69.2 Å². The van der Waals surface area contributed by atoms with Crippen LogP contribution in [-0.2, 0) is 22.6 Å². The van der Waals surface area contributed by atoms with Crippen molar-refractivity contribution in [2.75, 3.05) is 0 Å². The van der Waals surface area contributed by atoms with Crippen LogP contribution in [0.1, 0.15) is 76.5 Å². The molecule has 0 aliphatic rings. The van der Waals surface area contributed by atoms with Gasteiger partial charge in [0.1, 0.15) is 6.04 Å². The highest BCUT2D eigenvalue weighted by molar-refractivity contribution is 6.35. The monoisotopic (exact) mass is 490 g/mol. The van der Waals surface area contributed by atoms with Gasteiger partial charge in [0.05, 0.1) is 0 Å². The molecule has 1 N–H and O–H groups in total. The van der Waals surface area contributed by atoms with E-state index in [1.54, 1.807) is 17.0 Å². The fraction of sp³-hybridized carbons (Fsp3) is 0.481. The number of nitrogens with zero attached hydrogens (tertiary/aromatic N) is 1. The van der Waals surface area contributed by atoms with Gasteiger partial charge in [-0.25, -0.2) is 0 Å². The molecule has 4 nitrogen and oxygen atoms in total. The fourth-order valence-corrected chi connectivity index (χ4v) is 4.13. The Morgan fingerprint density at radius 3 is 2.18 bits per heavy atom. The minimum atomic E-state index is -0.568. The Bertz CT molecular complexity index is 928. The van der Waals surface area contributed by atoms with Crippen LogP contribution in [0.2, 0.25) is 10.0 Å². The van der Waals surface area contributed by atoms with E-state index in [-0.39, 0.29) is 24.4 Å².